The first kappa shape index (κ1) is 13.9. The van der Waals surface area contributed by atoms with E-state index >= 15 is 0 Å². The molecule has 0 spiro atoms. The maximum absolute atomic E-state index is 11.6. The Morgan fingerprint density at radius 2 is 2.05 bits per heavy atom. The van der Waals surface area contributed by atoms with E-state index in [9.17, 15) is 4.79 Å². The summed E-state index contributed by atoms with van der Waals surface area (Å²) < 4.78 is 20.1. The molecule has 3 rings (SSSR count). The minimum Gasteiger partial charge on any atom is -0.497 e. The van der Waals surface area contributed by atoms with Gasteiger partial charge in [-0.1, -0.05) is 5.16 Å². The molecule has 0 amide bonds. The first-order valence-electron chi connectivity index (χ1n) is 6.42. The van der Waals surface area contributed by atoms with E-state index in [1.54, 1.807) is 31.4 Å². The molecule has 3 aromatic rings. The number of hydrogen-bond acceptors (Lipinski definition) is 7. The molecule has 1 aromatic carbocycles. The maximum atomic E-state index is 11.6. The molecule has 0 aliphatic heterocycles. The van der Waals surface area contributed by atoms with Crippen LogP contribution < -0.4 is 4.74 Å². The van der Waals surface area contributed by atoms with Crippen LogP contribution in [-0.4, -0.2) is 23.2 Å². The number of rotatable bonds is 5. The molecule has 0 fully saturated rings. The molecule has 0 saturated carbocycles. The number of aromatic nitrogens is 2. The van der Waals surface area contributed by atoms with Crippen molar-refractivity contribution in [2.45, 2.75) is 6.61 Å². The minimum atomic E-state index is -0.510. The standard InChI is InChI=1S/C15H12N2O5/c1-19-12-4-2-10(3-5-12)14-16-13(17-22-14)9-21-15(18)11-6-7-20-8-11/h2-8H,9H2,1H3. The lowest BCUT2D eigenvalue weighted by Crippen LogP contribution is -2.04. The summed E-state index contributed by atoms with van der Waals surface area (Å²) in [7, 11) is 1.59. The summed E-state index contributed by atoms with van der Waals surface area (Å²) in [5.41, 5.74) is 1.08. The van der Waals surface area contributed by atoms with Crippen LogP contribution in [0.25, 0.3) is 11.5 Å². The Balaban J connectivity index is 1.64. The summed E-state index contributed by atoms with van der Waals surface area (Å²) in [6.07, 6.45) is 2.70. The van der Waals surface area contributed by atoms with Gasteiger partial charge in [-0.3, -0.25) is 0 Å². The second-order valence-corrected chi connectivity index (χ2v) is 4.33. The third-order valence-electron chi connectivity index (χ3n) is 2.89. The van der Waals surface area contributed by atoms with Crippen LogP contribution in [0.5, 0.6) is 5.75 Å². The second-order valence-electron chi connectivity index (χ2n) is 4.33. The van der Waals surface area contributed by atoms with Crippen molar-refractivity contribution in [3.8, 4) is 17.2 Å². The second kappa shape index (κ2) is 6.13. The van der Waals surface area contributed by atoms with Crippen LogP contribution in [0.3, 0.4) is 0 Å². The average Bonchev–Trinajstić information content (AvgIpc) is 3.24. The molecule has 7 nitrogen and oxygen atoms in total. The molecular formula is C15H12N2O5. The van der Waals surface area contributed by atoms with Gasteiger partial charge in [0.25, 0.3) is 5.89 Å². The van der Waals surface area contributed by atoms with Crippen molar-refractivity contribution in [1.82, 2.24) is 10.1 Å². The largest absolute Gasteiger partial charge is 0.497 e. The van der Waals surface area contributed by atoms with Gasteiger partial charge in [0.05, 0.1) is 18.9 Å². The Hall–Kier alpha value is -3.09. The minimum absolute atomic E-state index is 0.0797. The van der Waals surface area contributed by atoms with E-state index in [1.165, 1.54) is 18.6 Å². The van der Waals surface area contributed by atoms with E-state index in [-0.39, 0.29) is 12.4 Å². The van der Waals surface area contributed by atoms with Crippen molar-refractivity contribution < 1.29 is 23.2 Å². The highest BCUT2D eigenvalue weighted by Crippen LogP contribution is 2.20. The lowest BCUT2D eigenvalue weighted by molar-refractivity contribution is 0.0459. The fraction of sp³-hybridized carbons (Fsp3) is 0.133. The van der Waals surface area contributed by atoms with Crippen molar-refractivity contribution in [2.24, 2.45) is 0 Å². The van der Waals surface area contributed by atoms with Crippen molar-refractivity contribution in [3.05, 3.63) is 54.2 Å². The van der Waals surface area contributed by atoms with Crippen LogP contribution >= 0.6 is 0 Å². The van der Waals surface area contributed by atoms with E-state index in [2.05, 4.69) is 10.1 Å². The van der Waals surface area contributed by atoms with Crippen molar-refractivity contribution in [3.63, 3.8) is 0 Å². The lowest BCUT2D eigenvalue weighted by atomic mass is 10.2. The first-order chi connectivity index (χ1) is 10.8. The molecule has 112 valence electrons. The number of ether oxygens (including phenoxy) is 2. The molecule has 0 aliphatic carbocycles. The zero-order valence-electron chi connectivity index (χ0n) is 11.7. The van der Waals surface area contributed by atoms with Crippen LogP contribution in [-0.2, 0) is 11.3 Å². The Morgan fingerprint density at radius 3 is 2.73 bits per heavy atom. The molecule has 0 unspecified atom stereocenters. The molecule has 0 saturated heterocycles. The average molecular weight is 300 g/mol. The van der Waals surface area contributed by atoms with E-state index in [0.29, 0.717) is 11.5 Å². The smallest absolute Gasteiger partial charge is 0.341 e. The van der Waals surface area contributed by atoms with Gasteiger partial charge in [0.1, 0.15) is 12.0 Å². The monoisotopic (exact) mass is 300 g/mol. The molecule has 2 heterocycles. The lowest BCUT2D eigenvalue weighted by Gasteiger charge is -1.99. The van der Waals surface area contributed by atoms with Crippen LogP contribution in [0.4, 0.5) is 0 Å². The fourth-order valence-corrected chi connectivity index (χ4v) is 1.76. The predicted molar refractivity (Wildman–Crippen MR) is 74.1 cm³/mol. The molecule has 0 aliphatic rings. The van der Waals surface area contributed by atoms with E-state index in [0.717, 1.165) is 11.3 Å². The first-order valence-corrected chi connectivity index (χ1v) is 6.42. The van der Waals surface area contributed by atoms with Crippen LogP contribution in [0.1, 0.15) is 16.2 Å². The summed E-state index contributed by atoms with van der Waals surface area (Å²) in [5, 5.41) is 3.77. The number of benzene rings is 1. The Kier molecular flexibility index (Phi) is 3.86. The van der Waals surface area contributed by atoms with Gasteiger partial charge in [0.15, 0.2) is 6.61 Å². The zero-order chi connectivity index (χ0) is 15.4. The van der Waals surface area contributed by atoms with Gasteiger partial charge in [0, 0.05) is 5.56 Å². The van der Waals surface area contributed by atoms with E-state index in [1.807, 2.05) is 0 Å². The van der Waals surface area contributed by atoms with Gasteiger partial charge in [0.2, 0.25) is 5.82 Å². The summed E-state index contributed by atoms with van der Waals surface area (Å²) in [6.45, 7) is -0.0797. The van der Waals surface area contributed by atoms with Gasteiger partial charge in [-0.2, -0.15) is 4.98 Å². The zero-order valence-corrected chi connectivity index (χ0v) is 11.7. The number of carbonyl (C=O) groups is 1. The van der Waals surface area contributed by atoms with Crippen molar-refractivity contribution >= 4 is 5.97 Å². The van der Waals surface area contributed by atoms with Crippen molar-refractivity contribution in [1.29, 1.82) is 0 Å². The normalized spacial score (nSPS) is 10.4. The molecule has 0 N–H and O–H groups in total. The molecule has 22 heavy (non-hydrogen) atoms. The van der Waals surface area contributed by atoms with Gasteiger partial charge in [-0.05, 0) is 30.3 Å². The predicted octanol–water partition coefficient (Wildman–Crippen LogP) is 2.70. The number of methoxy groups -OCH3 is 1. The third-order valence-corrected chi connectivity index (χ3v) is 2.89. The summed E-state index contributed by atoms with van der Waals surface area (Å²) in [4.78, 5) is 15.8. The number of nitrogens with zero attached hydrogens (tertiary/aromatic N) is 2. The van der Waals surface area contributed by atoms with Gasteiger partial charge in [-0.15, -0.1) is 0 Å². The number of hydrogen-bond donors (Lipinski definition) is 0. The topological polar surface area (TPSA) is 87.6 Å². The molecule has 0 atom stereocenters. The van der Waals surface area contributed by atoms with E-state index in [4.69, 9.17) is 18.4 Å². The van der Waals surface area contributed by atoms with Crippen LogP contribution in [0.15, 0.2) is 51.8 Å². The summed E-state index contributed by atoms with van der Waals surface area (Å²) in [5.74, 6) is 0.849. The van der Waals surface area contributed by atoms with Crippen LogP contribution in [0.2, 0.25) is 0 Å². The van der Waals surface area contributed by atoms with Gasteiger partial charge >= 0.3 is 5.97 Å². The molecule has 0 bridgehead atoms. The molecule has 2 aromatic heterocycles. The van der Waals surface area contributed by atoms with Gasteiger partial charge in [-0.25, -0.2) is 4.79 Å². The third kappa shape index (κ3) is 2.98. The van der Waals surface area contributed by atoms with E-state index < -0.39 is 5.97 Å². The Morgan fingerprint density at radius 1 is 1.23 bits per heavy atom. The highest BCUT2D eigenvalue weighted by molar-refractivity contribution is 5.88. The number of carbonyl (C=O) groups excluding carboxylic acids is 1. The van der Waals surface area contributed by atoms with Gasteiger partial charge < -0.3 is 18.4 Å². The summed E-state index contributed by atoms with van der Waals surface area (Å²) in [6, 6.07) is 8.69. The SMILES string of the molecule is COc1ccc(-c2nc(COC(=O)c3ccoc3)no2)cc1. The Bertz CT molecular complexity index is 747. The number of esters is 1. The van der Waals surface area contributed by atoms with Crippen LogP contribution in [0, 0.1) is 0 Å². The Labute approximate surface area is 125 Å². The highest BCUT2D eigenvalue weighted by atomic mass is 16.5. The summed E-state index contributed by atoms with van der Waals surface area (Å²) >= 11 is 0. The highest BCUT2D eigenvalue weighted by Gasteiger charge is 2.13. The fourth-order valence-electron chi connectivity index (χ4n) is 1.76. The molecular weight excluding hydrogens is 288 g/mol. The van der Waals surface area contributed by atoms with Crippen molar-refractivity contribution in [2.75, 3.05) is 7.11 Å². The quantitative estimate of drug-likeness (QED) is 0.669. The number of furan rings is 1. The maximum Gasteiger partial charge on any atom is 0.341 e. The molecule has 0 radical (unpaired) electrons. The molecule has 7 heteroatoms.